The Morgan fingerprint density at radius 1 is 0.661 bits per heavy atom. The van der Waals surface area contributed by atoms with Crippen LogP contribution in [0.2, 0.25) is 0 Å². The second-order valence-corrected chi connectivity index (χ2v) is 17.1. The zero-order chi connectivity index (χ0) is 46.9. The molecule has 0 aliphatic carbocycles. The van der Waals surface area contributed by atoms with Crippen LogP contribution < -0.4 is 37.6 Å². The number of hydrogen-bond donors (Lipinski definition) is 9. The number of hydrogen-bond acceptors (Lipinski definition) is 11. The molecule has 8 amide bonds. The van der Waals surface area contributed by atoms with Crippen molar-refractivity contribution in [3.8, 4) is 0 Å². The van der Waals surface area contributed by atoms with Gasteiger partial charge in [-0.3, -0.25) is 38.4 Å². The third kappa shape index (κ3) is 20.9. The highest BCUT2D eigenvalue weighted by Crippen LogP contribution is 2.20. The smallest absolute Gasteiger partial charge is 0.248 e. The molecule has 19 heteroatoms. The third-order valence-electron chi connectivity index (χ3n) is 10.7. The molecule has 62 heavy (non-hydrogen) atoms. The summed E-state index contributed by atoms with van der Waals surface area (Å²) in [4.78, 5) is 117. The van der Waals surface area contributed by atoms with Crippen LogP contribution in [-0.4, -0.2) is 130 Å². The molecule has 0 saturated carbocycles. The number of nitrogens with two attached hydrogens (primary N) is 1. The Kier molecular flexibility index (Phi) is 26.4. The van der Waals surface area contributed by atoms with Crippen LogP contribution >= 0.6 is 0 Å². The van der Waals surface area contributed by atoms with Crippen molar-refractivity contribution in [2.75, 3.05) is 6.54 Å². The Hall–Kier alpha value is -4.65. The Morgan fingerprint density at radius 3 is 1.73 bits per heavy atom. The number of amides is 8. The van der Waals surface area contributed by atoms with E-state index < -0.39 is 102 Å². The van der Waals surface area contributed by atoms with E-state index in [9.17, 15) is 53.4 Å². The summed E-state index contributed by atoms with van der Waals surface area (Å²) >= 11 is 0. The van der Waals surface area contributed by atoms with Gasteiger partial charge in [-0.15, -0.1) is 0 Å². The lowest BCUT2D eigenvalue weighted by Gasteiger charge is -2.32. The van der Waals surface area contributed by atoms with Gasteiger partial charge in [0, 0.05) is 13.0 Å². The van der Waals surface area contributed by atoms with Crippen molar-refractivity contribution in [1.82, 2.24) is 36.8 Å². The van der Waals surface area contributed by atoms with Crippen molar-refractivity contribution in [2.45, 2.75) is 206 Å². The summed E-state index contributed by atoms with van der Waals surface area (Å²) in [7, 11) is 0. The first-order valence-electron chi connectivity index (χ1n) is 22.4. The quantitative estimate of drug-likeness (QED) is 0.0342. The molecule has 19 nitrogen and oxygen atoms in total. The Balaban J connectivity index is 2.91. The maximum absolute atomic E-state index is 13.9. The SMILES string of the molecule is CCCCCCCCCCCCCC(=O)N[C@@H](CC(C)C)C(=O)N[C@H](C(=O)N1CCC[C@@H]1C(=O)N[C@H](C(=O)N[C@@H](C)C(=O)N[C@@H](CC(N)=O)C(=O)NC(C)C=O)[C@@H](C)O)C(C)O. The number of primary amides is 1. The number of aldehydes is 1. The van der Waals surface area contributed by atoms with Gasteiger partial charge in [-0.25, -0.2) is 0 Å². The van der Waals surface area contributed by atoms with E-state index in [0.29, 0.717) is 19.1 Å². The number of carbonyl (C=O) groups excluding carboxylic acids is 9. The summed E-state index contributed by atoms with van der Waals surface area (Å²) in [6.07, 6.45) is 10.5. The molecule has 1 rings (SSSR count). The highest BCUT2D eigenvalue weighted by Gasteiger charge is 2.41. The predicted molar refractivity (Wildman–Crippen MR) is 231 cm³/mol. The van der Waals surface area contributed by atoms with Crippen LogP contribution in [0.15, 0.2) is 0 Å². The summed E-state index contributed by atoms with van der Waals surface area (Å²) in [5, 5.41) is 35.9. The lowest BCUT2D eigenvalue weighted by molar-refractivity contribution is -0.145. The maximum atomic E-state index is 13.9. The van der Waals surface area contributed by atoms with Crippen molar-refractivity contribution in [2.24, 2.45) is 11.7 Å². The molecule has 10 N–H and O–H groups in total. The fourth-order valence-corrected chi connectivity index (χ4v) is 7.13. The van der Waals surface area contributed by atoms with Crippen LogP contribution in [0.3, 0.4) is 0 Å². The second-order valence-electron chi connectivity index (χ2n) is 17.1. The first kappa shape index (κ1) is 55.4. The minimum Gasteiger partial charge on any atom is -0.391 e. The molecule has 1 heterocycles. The van der Waals surface area contributed by atoms with Crippen LogP contribution in [0, 0.1) is 5.92 Å². The number of carbonyl (C=O) groups is 9. The number of aliphatic hydroxyl groups excluding tert-OH is 2. The molecule has 1 fully saturated rings. The normalized spacial score (nSPS) is 17.6. The van der Waals surface area contributed by atoms with Gasteiger partial charge in [0.05, 0.1) is 24.7 Å². The number of likely N-dealkylation sites (tertiary alicyclic amines) is 1. The maximum Gasteiger partial charge on any atom is 0.248 e. The van der Waals surface area contributed by atoms with Crippen molar-refractivity contribution in [3.05, 3.63) is 0 Å². The van der Waals surface area contributed by atoms with Gasteiger partial charge in [-0.05, 0) is 59.3 Å². The first-order valence-corrected chi connectivity index (χ1v) is 22.4. The van der Waals surface area contributed by atoms with E-state index in [1.165, 1.54) is 77.5 Å². The molecule has 2 unspecified atom stereocenters. The molecular formula is C43H76N8O11. The van der Waals surface area contributed by atoms with Gasteiger partial charge in [0.1, 0.15) is 42.5 Å². The molecule has 0 radical (unpaired) electrons. The van der Waals surface area contributed by atoms with E-state index >= 15 is 0 Å². The summed E-state index contributed by atoms with van der Waals surface area (Å²) in [6.45, 7) is 11.2. The molecule has 1 aliphatic heterocycles. The first-order chi connectivity index (χ1) is 29.2. The van der Waals surface area contributed by atoms with Crippen LogP contribution in [-0.2, 0) is 43.2 Å². The van der Waals surface area contributed by atoms with Gasteiger partial charge in [-0.2, -0.15) is 0 Å². The Labute approximate surface area is 367 Å². The van der Waals surface area contributed by atoms with Gasteiger partial charge >= 0.3 is 0 Å². The van der Waals surface area contributed by atoms with Crippen molar-refractivity contribution in [3.63, 3.8) is 0 Å². The van der Waals surface area contributed by atoms with E-state index in [1.807, 2.05) is 13.8 Å². The van der Waals surface area contributed by atoms with Gasteiger partial charge in [0.25, 0.3) is 0 Å². The van der Waals surface area contributed by atoms with Crippen LogP contribution in [0.1, 0.15) is 151 Å². The molecular weight excluding hydrogens is 805 g/mol. The molecule has 354 valence electrons. The highest BCUT2D eigenvalue weighted by atomic mass is 16.3. The summed E-state index contributed by atoms with van der Waals surface area (Å²) < 4.78 is 0. The lowest BCUT2D eigenvalue weighted by atomic mass is 10.0. The molecule has 9 atom stereocenters. The monoisotopic (exact) mass is 881 g/mol. The summed E-state index contributed by atoms with van der Waals surface area (Å²) in [5.41, 5.74) is 5.21. The van der Waals surface area contributed by atoms with Crippen LogP contribution in [0.25, 0.3) is 0 Å². The largest absolute Gasteiger partial charge is 0.391 e. The molecule has 0 aromatic rings. The highest BCUT2D eigenvalue weighted by molar-refractivity contribution is 5.98. The number of unbranched alkanes of at least 4 members (excludes halogenated alkanes) is 10. The molecule has 0 spiro atoms. The van der Waals surface area contributed by atoms with Gasteiger partial charge in [0.15, 0.2) is 0 Å². The molecule has 0 bridgehead atoms. The standard InChI is InChI=1S/C43H76N8O11/c1-8-9-10-11-12-13-14-15-16-17-18-21-35(56)47-31(23-26(2)3)40(59)50-37(30(7)54)43(62)51-22-19-20-33(51)41(60)49-36(29(6)53)42(61)46-28(5)38(57)48-32(24-34(44)55)39(58)45-27(4)25-52/h25-33,36-37,53-54H,8-24H2,1-7H3,(H2,44,55)(H,45,58)(H,46,61)(H,47,56)(H,48,57)(H,49,60)(H,50,59)/t27?,28-,29+,30?,31-,32-,33+,36-,37-/m0/s1. The minimum absolute atomic E-state index is 0.000197. The van der Waals surface area contributed by atoms with E-state index in [4.69, 9.17) is 5.73 Å². The number of nitrogens with one attached hydrogen (secondary N) is 6. The number of aliphatic hydroxyl groups is 2. The van der Waals surface area contributed by atoms with Crippen LogP contribution in [0.4, 0.5) is 0 Å². The lowest BCUT2D eigenvalue weighted by Crippen LogP contribution is -2.62. The van der Waals surface area contributed by atoms with Crippen molar-refractivity contribution >= 4 is 53.5 Å². The average molecular weight is 881 g/mol. The average Bonchev–Trinajstić information content (AvgIpc) is 3.69. The van der Waals surface area contributed by atoms with Gasteiger partial charge < -0.3 is 57.5 Å². The number of rotatable bonds is 31. The molecule has 1 aliphatic rings. The summed E-state index contributed by atoms with van der Waals surface area (Å²) in [5.74, 6) is -6.24. The zero-order valence-corrected chi connectivity index (χ0v) is 38.0. The topological polar surface area (TPSA) is 296 Å². The van der Waals surface area contributed by atoms with E-state index in [1.54, 1.807) is 0 Å². The second kappa shape index (κ2) is 29.6. The molecule has 0 aromatic carbocycles. The Bertz CT molecular complexity index is 1480. The molecule has 1 saturated heterocycles. The summed E-state index contributed by atoms with van der Waals surface area (Å²) in [6, 6.07) is -9.00. The van der Waals surface area contributed by atoms with E-state index in [0.717, 1.165) is 19.3 Å². The Morgan fingerprint density at radius 2 is 1.21 bits per heavy atom. The molecule has 0 aromatic heterocycles. The minimum atomic E-state index is -1.62. The van der Waals surface area contributed by atoms with Gasteiger partial charge in [-0.1, -0.05) is 85.0 Å². The van der Waals surface area contributed by atoms with E-state index in [2.05, 4.69) is 38.8 Å². The van der Waals surface area contributed by atoms with E-state index in [-0.39, 0.29) is 37.6 Å². The number of nitrogens with zero attached hydrogens (tertiary/aromatic N) is 1. The fourth-order valence-electron chi connectivity index (χ4n) is 7.13. The van der Waals surface area contributed by atoms with Gasteiger partial charge in [0.2, 0.25) is 47.3 Å². The third-order valence-corrected chi connectivity index (χ3v) is 10.7. The van der Waals surface area contributed by atoms with Crippen molar-refractivity contribution < 1.29 is 53.4 Å². The fraction of sp³-hybridized carbons (Fsp3) is 0.791. The van der Waals surface area contributed by atoms with Crippen LogP contribution in [0.5, 0.6) is 0 Å². The van der Waals surface area contributed by atoms with Crippen molar-refractivity contribution in [1.29, 1.82) is 0 Å². The zero-order valence-electron chi connectivity index (χ0n) is 38.0. The predicted octanol–water partition coefficient (Wildman–Crippen LogP) is 0.509.